The molecule has 7 heteroatoms. The minimum absolute atomic E-state index is 0.107. The second kappa shape index (κ2) is 6.52. The van der Waals surface area contributed by atoms with Gasteiger partial charge < -0.3 is 5.32 Å². The van der Waals surface area contributed by atoms with E-state index in [0.717, 1.165) is 17.5 Å². The molecule has 0 saturated carbocycles. The van der Waals surface area contributed by atoms with Gasteiger partial charge in [0.25, 0.3) is 5.91 Å². The van der Waals surface area contributed by atoms with Crippen molar-refractivity contribution in [2.24, 2.45) is 7.05 Å². The molecule has 25 heavy (non-hydrogen) atoms. The quantitative estimate of drug-likeness (QED) is 0.780. The Bertz CT molecular complexity index is 1020. The molecule has 1 aromatic heterocycles. The molecule has 0 bridgehead atoms. The van der Waals surface area contributed by atoms with Crippen LogP contribution in [0.2, 0.25) is 0 Å². The summed E-state index contributed by atoms with van der Waals surface area (Å²) in [5, 5.41) is 7.15. The second-order valence-corrected chi connectivity index (χ2v) is 7.67. The molecule has 1 heterocycles. The van der Waals surface area contributed by atoms with Gasteiger partial charge in [-0.05, 0) is 18.2 Å². The molecular weight excluding hydrogens is 338 g/mol. The molecule has 2 aromatic carbocycles. The number of rotatable bonds is 4. The van der Waals surface area contributed by atoms with Crippen LogP contribution in [0.1, 0.15) is 10.4 Å². The van der Waals surface area contributed by atoms with Crippen LogP contribution in [0.4, 0.5) is 5.82 Å². The number of carbonyl (C=O) groups is 1. The van der Waals surface area contributed by atoms with E-state index in [4.69, 9.17) is 0 Å². The maximum Gasteiger partial charge on any atom is 0.256 e. The molecule has 3 rings (SSSR count). The Hall–Kier alpha value is -2.93. The largest absolute Gasteiger partial charge is 0.307 e. The van der Waals surface area contributed by atoms with E-state index in [2.05, 4.69) is 10.4 Å². The first kappa shape index (κ1) is 16.9. The van der Waals surface area contributed by atoms with Gasteiger partial charge in [0.15, 0.2) is 9.84 Å². The number of benzene rings is 2. The number of sulfone groups is 1. The van der Waals surface area contributed by atoms with Crippen LogP contribution in [0.25, 0.3) is 11.3 Å². The molecular formula is C18H17N3O3S. The van der Waals surface area contributed by atoms with Crippen molar-refractivity contribution in [1.82, 2.24) is 9.78 Å². The predicted octanol–water partition coefficient (Wildman–Crippen LogP) is 2.74. The molecule has 0 saturated heterocycles. The van der Waals surface area contributed by atoms with Crippen molar-refractivity contribution in [2.75, 3.05) is 11.6 Å². The van der Waals surface area contributed by atoms with Crippen molar-refractivity contribution in [3.63, 3.8) is 0 Å². The monoisotopic (exact) mass is 355 g/mol. The third-order valence-corrected chi connectivity index (χ3v) is 4.83. The van der Waals surface area contributed by atoms with Gasteiger partial charge in [-0.2, -0.15) is 5.10 Å². The lowest BCUT2D eigenvalue weighted by atomic mass is 10.1. The van der Waals surface area contributed by atoms with Gasteiger partial charge in [0.2, 0.25) is 0 Å². The van der Waals surface area contributed by atoms with Crippen molar-refractivity contribution in [2.45, 2.75) is 4.90 Å². The normalized spacial score (nSPS) is 11.3. The molecule has 0 atom stereocenters. The number of nitrogens with zero attached hydrogens (tertiary/aromatic N) is 2. The topological polar surface area (TPSA) is 81.1 Å². The molecule has 0 fully saturated rings. The summed E-state index contributed by atoms with van der Waals surface area (Å²) in [5.41, 5.74) is 1.95. The third kappa shape index (κ3) is 3.77. The number of aromatic nitrogens is 2. The minimum atomic E-state index is -3.37. The Morgan fingerprint density at radius 2 is 1.76 bits per heavy atom. The lowest BCUT2D eigenvalue weighted by Crippen LogP contribution is -2.15. The lowest BCUT2D eigenvalue weighted by molar-refractivity contribution is 0.102. The maximum atomic E-state index is 12.4. The summed E-state index contributed by atoms with van der Waals surface area (Å²) < 4.78 is 24.8. The fourth-order valence-electron chi connectivity index (χ4n) is 2.39. The highest BCUT2D eigenvalue weighted by Gasteiger charge is 2.14. The fourth-order valence-corrected chi connectivity index (χ4v) is 3.06. The Morgan fingerprint density at radius 1 is 1.04 bits per heavy atom. The molecule has 0 aliphatic carbocycles. The number of hydrogen-bond donors (Lipinski definition) is 1. The van der Waals surface area contributed by atoms with E-state index < -0.39 is 15.7 Å². The van der Waals surface area contributed by atoms with Gasteiger partial charge in [-0.3, -0.25) is 9.48 Å². The summed E-state index contributed by atoms with van der Waals surface area (Å²) in [6, 6.07) is 17.3. The highest BCUT2D eigenvalue weighted by Crippen LogP contribution is 2.21. The molecule has 6 nitrogen and oxygen atoms in total. The van der Waals surface area contributed by atoms with Crippen LogP contribution in [0.15, 0.2) is 65.6 Å². The Morgan fingerprint density at radius 3 is 2.44 bits per heavy atom. The molecule has 128 valence electrons. The number of carbonyl (C=O) groups excluding carboxylic acids is 1. The van der Waals surface area contributed by atoms with Crippen LogP contribution in [0.3, 0.4) is 0 Å². The van der Waals surface area contributed by atoms with Gasteiger partial charge in [0.1, 0.15) is 5.82 Å². The molecule has 0 aliphatic rings. The number of anilines is 1. The number of aryl methyl sites for hydroxylation is 1. The first-order valence-corrected chi connectivity index (χ1v) is 9.45. The van der Waals surface area contributed by atoms with Crippen molar-refractivity contribution in [3.8, 4) is 11.3 Å². The standard InChI is InChI=1S/C18H17N3O3S/c1-21-17(12-16(20-21)13-7-4-3-5-8-13)19-18(22)14-9-6-10-15(11-14)25(2,23)24/h3-12H,1-2H3,(H,19,22). The summed E-state index contributed by atoms with van der Waals surface area (Å²) >= 11 is 0. The predicted molar refractivity (Wildman–Crippen MR) is 96.1 cm³/mol. The number of hydrogen-bond acceptors (Lipinski definition) is 4. The highest BCUT2D eigenvalue weighted by molar-refractivity contribution is 7.90. The molecule has 0 radical (unpaired) electrons. The third-order valence-electron chi connectivity index (χ3n) is 3.72. The zero-order valence-electron chi connectivity index (χ0n) is 13.8. The number of nitrogens with one attached hydrogen (secondary N) is 1. The first-order valence-electron chi connectivity index (χ1n) is 7.55. The fraction of sp³-hybridized carbons (Fsp3) is 0.111. The van der Waals surface area contributed by atoms with Gasteiger partial charge >= 0.3 is 0 Å². The molecule has 0 aliphatic heterocycles. The van der Waals surface area contributed by atoms with E-state index in [0.29, 0.717) is 5.82 Å². The first-order chi connectivity index (χ1) is 11.8. The number of amides is 1. The molecule has 0 spiro atoms. The van der Waals surface area contributed by atoms with Crippen LogP contribution >= 0.6 is 0 Å². The van der Waals surface area contributed by atoms with E-state index in [9.17, 15) is 13.2 Å². The summed E-state index contributed by atoms with van der Waals surface area (Å²) in [7, 11) is -1.64. The summed E-state index contributed by atoms with van der Waals surface area (Å²) in [4.78, 5) is 12.6. The van der Waals surface area contributed by atoms with Crippen LogP contribution in [-0.2, 0) is 16.9 Å². The SMILES string of the molecule is Cn1nc(-c2ccccc2)cc1NC(=O)c1cccc(S(C)(=O)=O)c1. The van der Waals surface area contributed by atoms with Crippen molar-refractivity contribution >= 4 is 21.6 Å². The van der Waals surface area contributed by atoms with Crippen LogP contribution in [0, 0.1) is 0 Å². The van der Waals surface area contributed by atoms with Crippen LogP contribution < -0.4 is 5.32 Å². The van der Waals surface area contributed by atoms with E-state index >= 15 is 0 Å². The lowest BCUT2D eigenvalue weighted by Gasteiger charge is -2.06. The van der Waals surface area contributed by atoms with E-state index in [1.165, 1.54) is 12.1 Å². The van der Waals surface area contributed by atoms with E-state index in [1.807, 2.05) is 30.3 Å². The average Bonchev–Trinajstić information content (AvgIpc) is 2.96. The van der Waals surface area contributed by atoms with Gasteiger partial charge in [-0.15, -0.1) is 0 Å². The van der Waals surface area contributed by atoms with E-state index in [1.54, 1.807) is 29.9 Å². The summed E-state index contributed by atoms with van der Waals surface area (Å²) in [5.74, 6) is 0.127. The molecule has 1 amide bonds. The Balaban J connectivity index is 1.86. The Kier molecular flexibility index (Phi) is 4.41. The maximum absolute atomic E-state index is 12.4. The summed E-state index contributed by atoms with van der Waals surface area (Å²) in [6.45, 7) is 0. The summed E-state index contributed by atoms with van der Waals surface area (Å²) in [6.07, 6.45) is 1.11. The average molecular weight is 355 g/mol. The van der Waals surface area contributed by atoms with Gasteiger partial charge in [-0.1, -0.05) is 36.4 Å². The Labute approximate surface area is 146 Å². The zero-order chi connectivity index (χ0) is 18.0. The second-order valence-electron chi connectivity index (χ2n) is 5.66. The molecule has 0 unspecified atom stereocenters. The minimum Gasteiger partial charge on any atom is -0.307 e. The van der Waals surface area contributed by atoms with Gasteiger partial charge in [0.05, 0.1) is 10.6 Å². The molecule has 1 N–H and O–H groups in total. The van der Waals surface area contributed by atoms with Crippen LogP contribution in [0.5, 0.6) is 0 Å². The van der Waals surface area contributed by atoms with Crippen LogP contribution in [-0.4, -0.2) is 30.4 Å². The van der Waals surface area contributed by atoms with Gasteiger partial charge in [-0.25, -0.2) is 8.42 Å². The van der Waals surface area contributed by atoms with E-state index in [-0.39, 0.29) is 10.5 Å². The van der Waals surface area contributed by atoms with Crippen molar-refractivity contribution in [1.29, 1.82) is 0 Å². The zero-order valence-corrected chi connectivity index (χ0v) is 14.6. The highest BCUT2D eigenvalue weighted by atomic mass is 32.2. The smallest absolute Gasteiger partial charge is 0.256 e. The van der Waals surface area contributed by atoms with Gasteiger partial charge in [0, 0.05) is 30.5 Å². The van der Waals surface area contributed by atoms with Crippen molar-refractivity contribution < 1.29 is 13.2 Å². The molecule has 3 aromatic rings. The van der Waals surface area contributed by atoms with Crippen molar-refractivity contribution in [3.05, 3.63) is 66.2 Å².